The highest BCUT2D eigenvalue weighted by molar-refractivity contribution is 6.31. The Morgan fingerprint density at radius 1 is 1.18 bits per heavy atom. The first kappa shape index (κ1) is 21.4. The lowest BCUT2D eigenvalue weighted by Gasteiger charge is -2.13. The zero-order chi connectivity index (χ0) is 23.8. The number of amides is 1. The summed E-state index contributed by atoms with van der Waals surface area (Å²) in [4.78, 5) is 35.3. The molecule has 0 fully saturated rings. The van der Waals surface area contributed by atoms with Crippen molar-refractivity contribution in [3.63, 3.8) is 0 Å². The number of furan rings is 1. The minimum atomic E-state index is -0.583. The summed E-state index contributed by atoms with van der Waals surface area (Å²) in [7, 11) is 0. The second-order valence-corrected chi connectivity index (χ2v) is 8.06. The van der Waals surface area contributed by atoms with E-state index in [2.05, 4.69) is 11.1 Å². The van der Waals surface area contributed by atoms with Crippen LogP contribution in [0, 0.1) is 18.3 Å². The predicted molar refractivity (Wildman–Crippen MR) is 126 cm³/mol. The lowest BCUT2D eigenvalue weighted by molar-refractivity contribution is 0.0997. The minimum absolute atomic E-state index is 0.0564. The number of halogens is 1. The van der Waals surface area contributed by atoms with Gasteiger partial charge in [0.15, 0.2) is 5.49 Å². The monoisotopic (exact) mass is 469 g/mol. The molecule has 0 bridgehead atoms. The van der Waals surface area contributed by atoms with Gasteiger partial charge >= 0.3 is 0 Å². The molecule has 9 heteroatoms. The third-order valence-corrected chi connectivity index (χ3v) is 5.63. The molecule has 0 saturated carbocycles. The van der Waals surface area contributed by atoms with Gasteiger partial charge in [-0.05, 0) is 55.0 Å². The maximum absolute atomic E-state index is 13.3. The molecular weight excluding hydrogens is 454 g/mol. The first-order chi connectivity index (χ1) is 16.5. The van der Waals surface area contributed by atoms with Crippen LogP contribution >= 0.6 is 11.6 Å². The van der Waals surface area contributed by atoms with Gasteiger partial charge < -0.3 is 8.98 Å². The average Bonchev–Trinajstić information content (AvgIpc) is 3.34. The van der Waals surface area contributed by atoms with E-state index in [0.717, 1.165) is 5.56 Å². The SMILES string of the molecule is Cc1cccn2c(=O)c3cc(C#N)c(=NC(=O)c4cccc(Cl)c4)n(Cc4ccco4)c3nc12. The van der Waals surface area contributed by atoms with Crippen molar-refractivity contribution in [3.8, 4) is 6.07 Å². The zero-order valence-corrected chi connectivity index (χ0v) is 18.7. The summed E-state index contributed by atoms with van der Waals surface area (Å²) < 4.78 is 8.50. The maximum atomic E-state index is 13.3. The number of hydrogen-bond acceptors (Lipinski definition) is 5. The van der Waals surface area contributed by atoms with E-state index >= 15 is 0 Å². The Balaban J connectivity index is 1.89. The summed E-state index contributed by atoms with van der Waals surface area (Å²) in [6.45, 7) is 1.96. The Kier molecular flexibility index (Phi) is 5.32. The fourth-order valence-electron chi connectivity index (χ4n) is 3.78. The van der Waals surface area contributed by atoms with Gasteiger partial charge in [0.25, 0.3) is 11.5 Å². The molecule has 5 aromatic rings. The second-order valence-electron chi connectivity index (χ2n) is 7.63. The molecule has 0 spiro atoms. The van der Waals surface area contributed by atoms with Crippen LogP contribution in [-0.4, -0.2) is 19.9 Å². The van der Waals surface area contributed by atoms with Crippen molar-refractivity contribution in [1.82, 2.24) is 14.0 Å². The number of aromatic nitrogens is 3. The summed E-state index contributed by atoms with van der Waals surface area (Å²) in [6, 6.07) is 16.9. The largest absolute Gasteiger partial charge is 0.467 e. The van der Waals surface area contributed by atoms with Gasteiger partial charge in [0, 0.05) is 16.8 Å². The molecule has 4 heterocycles. The third-order valence-electron chi connectivity index (χ3n) is 5.40. The first-order valence-electron chi connectivity index (χ1n) is 10.3. The number of nitrogens with zero attached hydrogens (tertiary/aromatic N) is 5. The highest BCUT2D eigenvalue weighted by Gasteiger charge is 2.17. The Morgan fingerprint density at radius 2 is 2.03 bits per heavy atom. The fraction of sp³-hybridized carbons (Fsp3) is 0.0800. The number of hydrogen-bond donors (Lipinski definition) is 0. The molecule has 0 atom stereocenters. The number of nitriles is 1. The number of rotatable bonds is 3. The van der Waals surface area contributed by atoms with E-state index in [1.54, 1.807) is 47.2 Å². The topological polar surface area (TPSA) is 106 Å². The van der Waals surface area contributed by atoms with Crippen molar-refractivity contribution in [1.29, 1.82) is 5.26 Å². The summed E-state index contributed by atoms with van der Waals surface area (Å²) >= 11 is 6.03. The van der Waals surface area contributed by atoms with Crippen LogP contribution in [0.4, 0.5) is 0 Å². The highest BCUT2D eigenvalue weighted by Crippen LogP contribution is 2.15. The van der Waals surface area contributed by atoms with Crippen molar-refractivity contribution in [2.75, 3.05) is 0 Å². The van der Waals surface area contributed by atoms with E-state index in [1.165, 1.54) is 22.8 Å². The lowest BCUT2D eigenvalue weighted by atomic mass is 10.2. The van der Waals surface area contributed by atoms with Crippen LogP contribution in [0.5, 0.6) is 0 Å². The van der Waals surface area contributed by atoms with E-state index < -0.39 is 5.91 Å². The number of pyridine rings is 2. The van der Waals surface area contributed by atoms with E-state index in [1.807, 2.05) is 13.0 Å². The molecule has 8 nitrogen and oxygen atoms in total. The normalized spacial score (nSPS) is 11.7. The first-order valence-corrected chi connectivity index (χ1v) is 10.7. The Labute approximate surface area is 197 Å². The van der Waals surface area contributed by atoms with Crippen LogP contribution in [0.2, 0.25) is 5.02 Å². The molecule has 0 saturated heterocycles. The number of benzene rings is 1. The van der Waals surface area contributed by atoms with Gasteiger partial charge in [-0.2, -0.15) is 10.3 Å². The number of fused-ring (bicyclic) bond motifs is 2. The van der Waals surface area contributed by atoms with Crippen LogP contribution in [0.25, 0.3) is 16.7 Å². The molecular formula is C25H16ClN5O3. The van der Waals surface area contributed by atoms with E-state index in [0.29, 0.717) is 16.4 Å². The molecule has 0 radical (unpaired) electrons. The van der Waals surface area contributed by atoms with Gasteiger partial charge in [-0.15, -0.1) is 0 Å². The van der Waals surface area contributed by atoms with Crippen LogP contribution < -0.4 is 11.0 Å². The van der Waals surface area contributed by atoms with Gasteiger partial charge in [-0.3, -0.25) is 14.0 Å². The number of aryl methyl sites for hydroxylation is 1. The van der Waals surface area contributed by atoms with Crippen LogP contribution in [0.1, 0.15) is 27.2 Å². The zero-order valence-electron chi connectivity index (χ0n) is 17.9. The smallest absolute Gasteiger partial charge is 0.279 e. The molecule has 0 aliphatic heterocycles. The minimum Gasteiger partial charge on any atom is -0.467 e. The van der Waals surface area contributed by atoms with Crippen molar-refractivity contribution >= 4 is 34.2 Å². The third kappa shape index (κ3) is 3.68. The van der Waals surface area contributed by atoms with Crippen molar-refractivity contribution in [2.24, 2.45) is 4.99 Å². The Bertz CT molecular complexity index is 1760. The molecule has 4 aromatic heterocycles. The van der Waals surface area contributed by atoms with E-state index in [-0.39, 0.29) is 39.8 Å². The van der Waals surface area contributed by atoms with Gasteiger partial charge in [0.05, 0.1) is 23.8 Å². The molecule has 0 aliphatic rings. The average molecular weight is 470 g/mol. The Hall–Kier alpha value is -4.48. The molecule has 0 aliphatic carbocycles. The standard InChI is InChI=1S/C25H16ClN5O3/c1-15-5-3-9-30-21(15)28-23-20(25(30)33)12-17(13-27)22(31(23)14-19-8-4-10-34-19)29-24(32)16-6-2-7-18(26)11-16/h2-12H,14H2,1H3. The summed E-state index contributed by atoms with van der Waals surface area (Å²) in [5.41, 5.74) is 1.60. The van der Waals surface area contributed by atoms with Crippen molar-refractivity contribution in [2.45, 2.75) is 13.5 Å². The van der Waals surface area contributed by atoms with Crippen molar-refractivity contribution in [3.05, 3.63) is 110 Å². The molecule has 0 unspecified atom stereocenters. The predicted octanol–water partition coefficient (Wildman–Crippen LogP) is 3.87. The number of carbonyl (C=O) groups excluding carboxylic acids is 1. The molecule has 166 valence electrons. The molecule has 34 heavy (non-hydrogen) atoms. The van der Waals surface area contributed by atoms with Gasteiger partial charge in [0.1, 0.15) is 23.1 Å². The maximum Gasteiger partial charge on any atom is 0.279 e. The van der Waals surface area contributed by atoms with Gasteiger partial charge in [0.2, 0.25) is 0 Å². The van der Waals surface area contributed by atoms with E-state index in [4.69, 9.17) is 21.0 Å². The Morgan fingerprint density at radius 3 is 2.76 bits per heavy atom. The summed E-state index contributed by atoms with van der Waals surface area (Å²) in [5.74, 6) is -0.0416. The quantitative estimate of drug-likeness (QED) is 0.373. The second kappa shape index (κ2) is 8.46. The molecule has 1 aromatic carbocycles. The summed E-state index contributed by atoms with van der Waals surface area (Å²) in [5, 5.41) is 10.5. The molecule has 0 N–H and O–H groups in total. The van der Waals surface area contributed by atoms with Crippen molar-refractivity contribution < 1.29 is 9.21 Å². The van der Waals surface area contributed by atoms with Crippen LogP contribution in [-0.2, 0) is 6.54 Å². The fourth-order valence-corrected chi connectivity index (χ4v) is 3.97. The van der Waals surface area contributed by atoms with E-state index in [9.17, 15) is 14.9 Å². The lowest BCUT2D eigenvalue weighted by Crippen LogP contribution is -2.30. The van der Waals surface area contributed by atoms with Gasteiger partial charge in [-0.1, -0.05) is 23.7 Å². The van der Waals surface area contributed by atoms with Crippen LogP contribution in [0.15, 0.2) is 81.3 Å². The highest BCUT2D eigenvalue weighted by atomic mass is 35.5. The van der Waals surface area contributed by atoms with Gasteiger partial charge in [-0.25, -0.2) is 4.98 Å². The van der Waals surface area contributed by atoms with Crippen LogP contribution in [0.3, 0.4) is 0 Å². The molecule has 5 rings (SSSR count). The number of carbonyl (C=O) groups is 1. The molecule has 1 amide bonds. The summed E-state index contributed by atoms with van der Waals surface area (Å²) in [6.07, 6.45) is 3.14.